The van der Waals surface area contributed by atoms with Crippen molar-refractivity contribution in [1.29, 1.82) is 0 Å². The molecule has 0 bridgehead atoms. The first kappa shape index (κ1) is 34.3. The van der Waals surface area contributed by atoms with E-state index in [0.717, 1.165) is 30.3 Å². The van der Waals surface area contributed by atoms with Crippen molar-refractivity contribution < 1.29 is 14.0 Å². The fourth-order valence-electron chi connectivity index (χ4n) is 7.77. The third kappa shape index (κ3) is 7.04. The van der Waals surface area contributed by atoms with Gasteiger partial charge in [-0.15, -0.1) is 11.8 Å². The molecule has 1 N–H and O–H groups in total. The number of aromatic amines is 1. The Balaban J connectivity index is 1.06. The minimum Gasteiger partial charge on any atom is -0.369 e. The first-order valence-corrected chi connectivity index (χ1v) is 18.7. The summed E-state index contributed by atoms with van der Waals surface area (Å²) in [5, 5.41) is -0.944. The molecule has 3 saturated heterocycles. The first-order valence-electron chi connectivity index (χ1n) is 17.8. The number of halogens is 1. The molecule has 3 aliphatic rings. The number of pyridine rings is 2. The molecule has 0 aliphatic carbocycles. The first-order chi connectivity index (χ1) is 24.1. The van der Waals surface area contributed by atoms with Gasteiger partial charge in [-0.05, 0) is 79.3 Å². The normalized spacial score (nSPS) is 21.0. The SMILES string of the molecule is CC(C)(C)CCN1C(=O)[C@H](CC(=O)N2CCC(n3c(=O)[nH]c4ncccc43)CC2)SC1c1cccc(F)c1N1CCC(c2ccncc2)CC1. The van der Waals surface area contributed by atoms with Crippen molar-refractivity contribution >= 4 is 40.4 Å². The average Bonchev–Trinajstić information content (AvgIpc) is 3.62. The van der Waals surface area contributed by atoms with Crippen LogP contribution in [0.5, 0.6) is 0 Å². The standard InChI is InChI=1S/C38H46FN7O3S/c1-38(2,3)15-23-45-35(48)31(24-32(47)43-21-13-27(14-22-43)46-30-8-5-16-41-34(30)42-37(46)49)50-36(45)28-6-4-7-29(39)33(28)44-19-11-26(12-20-44)25-9-17-40-18-10-25/h4-10,16-18,26-27,31,36H,11-15,19-24H2,1-3H3,(H,41,42,49)/t31-,36?/m0/s1. The van der Waals surface area contributed by atoms with Crippen LogP contribution in [0.25, 0.3) is 11.2 Å². The lowest BCUT2D eigenvalue weighted by atomic mass is 9.89. The molecule has 0 radical (unpaired) electrons. The number of piperidine rings is 2. The molecule has 6 heterocycles. The van der Waals surface area contributed by atoms with E-state index in [2.05, 4.69) is 52.8 Å². The van der Waals surface area contributed by atoms with Crippen LogP contribution in [-0.2, 0) is 9.59 Å². The van der Waals surface area contributed by atoms with E-state index in [0.29, 0.717) is 62.8 Å². The predicted molar refractivity (Wildman–Crippen MR) is 195 cm³/mol. The second-order valence-electron chi connectivity index (χ2n) is 15.0. The Bertz CT molecular complexity index is 1890. The minimum absolute atomic E-state index is 0.00380. The summed E-state index contributed by atoms with van der Waals surface area (Å²) < 4.78 is 17.6. The molecule has 3 fully saturated rings. The second-order valence-corrected chi connectivity index (χ2v) is 16.3. The number of carbonyl (C=O) groups excluding carboxylic acids is 2. The molecule has 2 atom stereocenters. The van der Waals surface area contributed by atoms with Crippen molar-refractivity contribution in [1.82, 2.24) is 29.3 Å². The third-order valence-corrected chi connectivity index (χ3v) is 12.0. The zero-order valence-electron chi connectivity index (χ0n) is 29.1. The molecule has 10 nitrogen and oxygen atoms in total. The van der Waals surface area contributed by atoms with Gasteiger partial charge in [-0.2, -0.15) is 0 Å². The fourth-order valence-corrected chi connectivity index (χ4v) is 9.26. The molecule has 0 spiro atoms. The van der Waals surface area contributed by atoms with Crippen LogP contribution in [0.3, 0.4) is 0 Å². The van der Waals surface area contributed by atoms with Gasteiger partial charge in [-0.3, -0.25) is 24.1 Å². The number of nitrogens with zero attached hydrogens (tertiary/aromatic N) is 6. The van der Waals surface area contributed by atoms with Gasteiger partial charge in [-0.1, -0.05) is 32.9 Å². The molecule has 1 unspecified atom stereocenters. The topological polar surface area (TPSA) is 107 Å². The molecule has 50 heavy (non-hydrogen) atoms. The summed E-state index contributed by atoms with van der Waals surface area (Å²) in [4.78, 5) is 57.8. The Hall–Kier alpha value is -4.19. The van der Waals surface area contributed by atoms with Gasteiger partial charge in [0.15, 0.2) is 5.65 Å². The maximum Gasteiger partial charge on any atom is 0.327 e. The highest BCUT2D eigenvalue weighted by atomic mass is 32.2. The lowest BCUT2D eigenvalue weighted by Crippen LogP contribution is -2.42. The second kappa shape index (κ2) is 14.2. The Morgan fingerprint density at radius 1 is 0.960 bits per heavy atom. The number of H-pyrrole nitrogens is 1. The van der Waals surface area contributed by atoms with Crippen LogP contribution < -0.4 is 10.6 Å². The van der Waals surface area contributed by atoms with Gasteiger partial charge in [0.2, 0.25) is 11.8 Å². The Kier molecular flexibility index (Phi) is 9.74. The van der Waals surface area contributed by atoms with E-state index >= 15 is 4.39 Å². The summed E-state index contributed by atoms with van der Waals surface area (Å²) in [6.07, 6.45) is 9.28. The van der Waals surface area contributed by atoms with Crippen molar-refractivity contribution in [2.75, 3.05) is 37.6 Å². The lowest BCUT2D eigenvalue weighted by molar-refractivity contribution is -0.136. The quantitative estimate of drug-likeness (QED) is 0.231. The summed E-state index contributed by atoms with van der Waals surface area (Å²) in [5.41, 5.74) is 3.78. The number of benzene rings is 1. The maximum atomic E-state index is 15.9. The zero-order chi connectivity index (χ0) is 35.0. The number of thioether (sulfide) groups is 1. The molecular formula is C38H46FN7O3S. The number of rotatable bonds is 8. The van der Waals surface area contributed by atoms with Gasteiger partial charge in [-0.25, -0.2) is 14.2 Å². The van der Waals surface area contributed by atoms with Gasteiger partial charge in [0.05, 0.1) is 16.5 Å². The number of hydrogen-bond acceptors (Lipinski definition) is 7. The van der Waals surface area contributed by atoms with Crippen LogP contribution >= 0.6 is 11.8 Å². The van der Waals surface area contributed by atoms with Gasteiger partial charge in [0.25, 0.3) is 0 Å². The number of aromatic nitrogens is 4. The molecule has 4 aromatic rings. The van der Waals surface area contributed by atoms with E-state index in [1.807, 2.05) is 40.4 Å². The van der Waals surface area contributed by atoms with E-state index in [1.165, 1.54) is 23.4 Å². The van der Waals surface area contributed by atoms with E-state index in [9.17, 15) is 14.4 Å². The van der Waals surface area contributed by atoms with Crippen molar-refractivity contribution in [2.45, 2.75) is 81.9 Å². The van der Waals surface area contributed by atoms with Crippen LogP contribution in [0.1, 0.15) is 87.8 Å². The molecule has 1 aromatic carbocycles. The van der Waals surface area contributed by atoms with E-state index < -0.39 is 5.25 Å². The maximum absolute atomic E-state index is 15.9. The highest BCUT2D eigenvalue weighted by molar-refractivity contribution is 8.01. The molecule has 7 rings (SSSR count). The molecule has 0 saturated carbocycles. The number of imidazole rings is 1. The highest BCUT2D eigenvalue weighted by Crippen LogP contribution is 2.49. The number of fused-ring (bicyclic) bond motifs is 1. The van der Waals surface area contributed by atoms with E-state index in [1.54, 1.807) is 16.8 Å². The van der Waals surface area contributed by atoms with Gasteiger partial charge in [0, 0.05) is 69.3 Å². The minimum atomic E-state index is -0.555. The van der Waals surface area contributed by atoms with Crippen molar-refractivity contribution in [3.05, 3.63) is 88.5 Å². The number of anilines is 1. The van der Waals surface area contributed by atoms with E-state index in [-0.39, 0.29) is 46.6 Å². The smallest absolute Gasteiger partial charge is 0.327 e. The van der Waals surface area contributed by atoms with E-state index in [4.69, 9.17) is 0 Å². The summed E-state index contributed by atoms with van der Waals surface area (Å²) in [6.45, 7) is 9.44. The summed E-state index contributed by atoms with van der Waals surface area (Å²) >= 11 is 1.48. The number of nitrogens with one attached hydrogen (secondary N) is 1. The van der Waals surface area contributed by atoms with Gasteiger partial charge in [0.1, 0.15) is 11.2 Å². The molecule has 264 valence electrons. The summed E-state index contributed by atoms with van der Waals surface area (Å²) in [6, 6.07) is 13.0. The van der Waals surface area contributed by atoms with Crippen LogP contribution in [0.15, 0.2) is 65.8 Å². The highest BCUT2D eigenvalue weighted by Gasteiger charge is 2.44. The predicted octanol–water partition coefficient (Wildman–Crippen LogP) is 6.28. The van der Waals surface area contributed by atoms with Crippen LogP contribution in [0.2, 0.25) is 0 Å². The molecule has 12 heteroatoms. The van der Waals surface area contributed by atoms with Crippen LogP contribution in [-0.4, -0.2) is 79.1 Å². The molecule has 3 aromatic heterocycles. The number of likely N-dealkylation sites (tertiary alicyclic amines) is 1. The van der Waals surface area contributed by atoms with Crippen molar-refractivity contribution in [3.8, 4) is 0 Å². The summed E-state index contributed by atoms with van der Waals surface area (Å²) in [7, 11) is 0. The Morgan fingerprint density at radius 2 is 1.70 bits per heavy atom. The number of amides is 2. The monoisotopic (exact) mass is 699 g/mol. The van der Waals surface area contributed by atoms with Gasteiger partial charge < -0.3 is 14.7 Å². The molecule has 3 aliphatic heterocycles. The fraction of sp³-hybridized carbons (Fsp3) is 0.500. The van der Waals surface area contributed by atoms with Crippen LogP contribution in [0.4, 0.5) is 10.1 Å². The largest absolute Gasteiger partial charge is 0.369 e. The zero-order valence-corrected chi connectivity index (χ0v) is 29.9. The van der Waals surface area contributed by atoms with Gasteiger partial charge >= 0.3 is 5.69 Å². The molecule has 2 amide bonds. The molecular weight excluding hydrogens is 654 g/mol. The average molecular weight is 700 g/mol. The number of hydrogen-bond donors (Lipinski definition) is 1. The van der Waals surface area contributed by atoms with Crippen molar-refractivity contribution in [2.24, 2.45) is 5.41 Å². The number of para-hydroxylation sites is 1. The van der Waals surface area contributed by atoms with Crippen LogP contribution in [0, 0.1) is 11.2 Å². The summed E-state index contributed by atoms with van der Waals surface area (Å²) in [5.74, 6) is 0.00499. The Morgan fingerprint density at radius 3 is 2.42 bits per heavy atom. The lowest BCUT2D eigenvalue weighted by Gasteiger charge is -2.37. The third-order valence-electron chi connectivity index (χ3n) is 10.5. The van der Waals surface area contributed by atoms with Crippen molar-refractivity contribution in [3.63, 3.8) is 0 Å². The number of carbonyl (C=O) groups is 2. The Labute approximate surface area is 296 Å².